The Kier molecular flexibility index (Phi) is 3.22. The Morgan fingerprint density at radius 2 is 2.25 bits per heavy atom. The van der Waals surface area contributed by atoms with E-state index in [1.807, 2.05) is 30.7 Å². The number of nitriles is 1. The molecule has 2 aromatic rings. The summed E-state index contributed by atoms with van der Waals surface area (Å²) < 4.78 is 0. The molecule has 0 atom stereocenters. The molecule has 0 aliphatic carbocycles. The zero-order valence-electron chi connectivity index (χ0n) is 8.89. The summed E-state index contributed by atoms with van der Waals surface area (Å²) in [6, 6.07) is 6.12. The predicted molar refractivity (Wildman–Crippen MR) is 66.6 cm³/mol. The van der Waals surface area contributed by atoms with E-state index in [1.165, 1.54) is 11.8 Å². The van der Waals surface area contributed by atoms with Crippen LogP contribution in [0.5, 0.6) is 0 Å². The molecule has 80 valence electrons. The molecule has 2 aromatic heterocycles. The van der Waals surface area contributed by atoms with Crippen LogP contribution in [0, 0.1) is 18.3 Å². The topological polar surface area (TPSA) is 49.6 Å². The molecule has 3 nitrogen and oxygen atoms in total. The summed E-state index contributed by atoms with van der Waals surface area (Å²) in [6.07, 6.45) is 1.92. The maximum absolute atomic E-state index is 9.18. The van der Waals surface area contributed by atoms with Gasteiger partial charge in [0.25, 0.3) is 0 Å². The molecule has 5 heteroatoms. The van der Waals surface area contributed by atoms with Gasteiger partial charge in [-0.2, -0.15) is 5.26 Å². The normalized spacial score (nSPS) is 10.1. The molecule has 0 saturated heterocycles. The van der Waals surface area contributed by atoms with Crippen LogP contribution < -0.4 is 0 Å². The lowest BCUT2D eigenvalue weighted by atomic mass is 10.2. The van der Waals surface area contributed by atoms with Crippen molar-refractivity contribution in [2.24, 2.45) is 0 Å². The van der Waals surface area contributed by atoms with Crippen LogP contribution >= 0.6 is 23.1 Å². The molecule has 0 bridgehead atoms. The quantitative estimate of drug-likeness (QED) is 0.604. The third kappa shape index (κ3) is 1.94. The van der Waals surface area contributed by atoms with E-state index in [2.05, 4.69) is 16.0 Å². The molecule has 2 heterocycles. The molecular formula is C11H9N3S2. The average molecular weight is 247 g/mol. The molecule has 0 aliphatic heterocycles. The minimum atomic E-state index is 0.570. The van der Waals surface area contributed by atoms with E-state index in [0.29, 0.717) is 11.4 Å². The van der Waals surface area contributed by atoms with Gasteiger partial charge in [0.1, 0.15) is 28.2 Å². The fourth-order valence-corrected chi connectivity index (χ4v) is 2.68. The fraction of sp³-hybridized carbons (Fsp3) is 0.182. The van der Waals surface area contributed by atoms with E-state index >= 15 is 0 Å². The van der Waals surface area contributed by atoms with Crippen LogP contribution in [-0.4, -0.2) is 16.2 Å². The molecule has 0 spiro atoms. The van der Waals surface area contributed by atoms with Crippen LogP contribution in [0.25, 0.3) is 10.6 Å². The van der Waals surface area contributed by atoms with Crippen LogP contribution in [0.4, 0.5) is 0 Å². The van der Waals surface area contributed by atoms with Crippen molar-refractivity contribution < 1.29 is 0 Å². The van der Waals surface area contributed by atoms with Gasteiger partial charge in [-0.15, -0.1) is 23.1 Å². The summed E-state index contributed by atoms with van der Waals surface area (Å²) in [6.45, 7) is 1.85. The zero-order chi connectivity index (χ0) is 11.5. The largest absolute Gasteiger partial charge is 0.231 e. The second kappa shape index (κ2) is 4.64. The SMILES string of the molecule is CSc1nc(C)nc(-c2cccs2)c1C#N. The zero-order valence-corrected chi connectivity index (χ0v) is 10.5. The summed E-state index contributed by atoms with van der Waals surface area (Å²) in [5, 5.41) is 11.9. The third-order valence-electron chi connectivity index (χ3n) is 2.05. The van der Waals surface area contributed by atoms with E-state index in [0.717, 1.165) is 15.6 Å². The van der Waals surface area contributed by atoms with E-state index < -0.39 is 0 Å². The van der Waals surface area contributed by atoms with Gasteiger partial charge in [0.05, 0.1) is 4.88 Å². The number of aromatic nitrogens is 2. The molecule has 0 amide bonds. The van der Waals surface area contributed by atoms with Gasteiger partial charge >= 0.3 is 0 Å². The Labute approximate surface area is 102 Å². The van der Waals surface area contributed by atoms with Gasteiger partial charge in [-0.1, -0.05) is 6.07 Å². The second-order valence-corrected chi connectivity index (χ2v) is 4.84. The first-order chi connectivity index (χ1) is 7.76. The number of thiophene rings is 1. The van der Waals surface area contributed by atoms with E-state index in [1.54, 1.807) is 11.3 Å². The summed E-state index contributed by atoms with van der Waals surface area (Å²) in [5.74, 6) is 0.701. The van der Waals surface area contributed by atoms with Crippen LogP contribution in [-0.2, 0) is 0 Å². The Balaban J connectivity index is 2.69. The van der Waals surface area contributed by atoms with Crippen molar-refractivity contribution in [1.29, 1.82) is 5.26 Å². The maximum Gasteiger partial charge on any atom is 0.127 e. The van der Waals surface area contributed by atoms with E-state index in [4.69, 9.17) is 0 Å². The highest BCUT2D eigenvalue weighted by molar-refractivity contribution is 7.98. The van der Waals surface area contributed by atoms with Crippen molar-refractivity contribution in [1.82, 2.24) is 9.97 Å². The predicted octanol–water partition coefficient (Wildman–Crippen LogP) is 3.11. The average Bonchev–Trinajstić information content (AvgIpc) is 2.81. The highest BCUT2D eigenvalue weighted by Crippen LogP contribution is 2.30. The van der Waals surface area contributed by atoms with Gasteiger partial charge in [0.15, 0.2) is 0 Å². The van der Waals surface area contributed by atoms with E-state index in [9.17, 15) is 5.26 Å². The number of nitrogens with zero attached hydrogens (tertiary/aromatic N) is 3. The Morgan fingerprint density at radius 3 is 2.81 bits per heavy atom. The first kappa shape index (κ1) is 11.1. The smallest absolute Gasteiger partial charge is 0.127 e. The molecular weight excluding hydrogens is 238 g/mol. The number of hydrogen-bond donors (Lipinski definition) is 0. The number of thioether (sulfide) groups is 1. The van der Waals surface area contributed by atoms with Crippen LogP contribution in [0.3, 0.4) is 0 Å². The number of aryl methyl sites for hydroxylation is 1. The molecule has 0 fully saturated rings. The van der Waals surface area contributed by atoms with Crippen LogP contribution in [0.15, 0.2) is 22.5 Å². The summed E-state index contributed by atoms with van der Waals surface area (Å²) in [5.41, 5.74) is 1.31. The molecule has 0 unspecified atom stereocenters. The lowest BCUT2D eigenvalue weighted by Gasteiger charge is -2.05. The first-order valence-electron chi connectivity index (χ1n) is 4.63. The molecule has 0 N–H and O–H groups in total. The summed E-state index contributed by atoms with van der Waals surface area (Å²) in [7, 11) is 0. The first-order valence-corrected chi connectivity index (χ1v) is 6.73. The van der Waals surface area contributed by atoms with E-state index in [-0.39, 0.29) is 0 Å². The minimum absolute atomic E-state index is 0.570. The molecule has 0 aliphatic rings. The Morgan fingerprint density at radius 1 is 1.44 bits per heavy atom. The standard InChI is InChI=1S/C11H9N3S2/c1-7-13-10(9-4-3-5-16-9)8(6-12)11(14-7)15-2/h3-5H,1-2H3. The van der Waals surface area contributed by atoms with Gasteiger partial charge in [-0.3, -0.25) is 0 Å². The molecule has 16 heavy (non-hydrogen) atoms. The summed E-state index contributed by atoms with van der Waals surface area (Å²) >= 11 is 3.06. The van der Waals surface area contributed by atoms with Crippen molar-refractivity contribution >= 4 is 23.1 Å². The number of rotatable bonds is 2. The minimum Gasteiger partial charge on any atom is -0.231 e. The van der Waals surface area contributed by atoms with Crippen molar-refractivity contribution in [2.45, 2.75) is 11.9 Å². The molecule has 2 rings (SSSR count). The van der Waals surface area contributed by atoms with Crippen LogP contribution in [0.2, 0.25) is 0 Å². The summed E-state index contributed by atoms with van der Waals surface area (Å²) in [4.78, 5) is 9.64. The third-order valence-corrected chi connectivity index (χ3v) is 3.61. The van der Waals surface area contributed by atoms with Crippen LogP contribution in [0.1, 0.15) is 11.4 Å². The lowest BCUT2D eigenvalue weighted by molar-refractivity contribution is 0.964. The van der Waals surface area contributed by atoms with Crippen molar-refractivity contribution in [2.75, 3.05) is 6.26 Å². The Bertz CT molecular complexity index is 541. The monoisotopic (exact) mass is 247 g/mol. The number of hydrogen-bond acceptors (Lipinski definition) is 5. The molecule has 0 saturated carbocycles. The van der Waals surface area contributed by atoms with Crippen molar-refractivity contribution in [3.8, 4) is 16.6 Å². The van der Waals surface area contributed by atoms with Crippen molar-refractivity contribution in [3.63, 3.8) is 0 Å². The Hall–Kier alpha value is -1.38. The second-order valence-electron chi connectivity index (χ2n) is 3.09. The van der Waals surface area contributed by atoms with Gasteiger partial charge < -0.3 is 0 Å². The highest BCUT2D eigenvalue weighted by Gasteiger charge is 2.14. The maximum atomic E-state index is 9.18. The van der Waals surface area contributed by atoms with Gasteiger partial charge in [-0.25, -0.2) is 9.97 Å². The highest BCUT2D eigenvalue weighted by atomic mass is 32.2. The fourth-order valence-electron chi connectivity index (χ4n) is 1.39. The van der Waals surface area contributed by atoms with Crippen molar-refractivity contribution in [3.05, 3.63) is 28.9 Å². The van der Waals surface area contributed by atoms with Gasteiger partial charge in [0, 0.05) is 0 Å². The lowest BCUT2D eigenvalue weighted by Crippen LogP contribution is -1.98. The molecule has 0 radical (unpaired) electrons. The molecule has 0 aromatic carbocycles. The van der Waals surface area contributed by atoms with Gasteiger partial charge in [0.2, 0.25) is 0 Å². The van der Waals surface area contributed by atoms with Gasteiger partial charge in [-0.05, 0) is 24.6 Å².